The maximum atomic E-state index is 11.6. The normalized spacial score (nSPS) is 15.1. The summed E-state index contributed by atoms with van der Waals surface area (Å²) in [6.45, 7) is 0.603. The maximum Gasteiger partial charge on any atom is 0.412 e. The molecule has 0 nitrogen and oxygen atoms in total. The number of halogens is 6. The summed E-state index contributed by atoms with van der Waals surface area (Å²) in [4.78, 5) is 0. The van der Waals surface area contributed by atoms with E-state index < -0.39 is 24.3 Å². The van der Waals surface area contributed by atoms with E-state index in [1.807, 2.05) is 0 Å². The van der Waals surface area contributed by atoms with Crippen molar-refractivity contribution in [3.8, 4) is 0 Å². The summed E-state index contributed by atoms with van der Waals surface area (Å²) in [5.74, 6) is 0. The van der Waals surface area contributed by atoms with Crippen LogP contribution in [0.1, 0.15) is 13.3 Å². The minimum atomic E-state index is -4.66. The smallest absolute Gasteiger partial charge is 0.171 e. The summed E-state index contributed by atoms with van der Waals surface area (Å²) in [5, 5.41) is 0. The molecular weight excluding hydrogens is 186 g/mol. The predicted octanol–water partition coefficient (Wildman–Crippen LogP) is 3.45. The molecule has 0 aromatic rings. The Morgan fingerprint density at radius 2 is 1.50 bits per heavy atom. The van der Waals surface area contributed by atoms with Crippen molar-refractivity contribution in [3.63, 3.8) is 0 Å². The van der Waals surface area contributed by atoms with Gasteiger partial charge in [-0.1, -0.05) is 6.08 Å². The quantitative estimate of drug-likeness (QED) is 0.441. The van der Waals surface area contributed by atoms with Gasteiger partial charge >= 0.3 is 12.4 Å². The fraction of sp³-hybridized carbons (Fsp3) is 0.667. The third-order valence-electron chi connectivity index (χ3n) is 1.09. The van der Waals surface area contributed by atoms with E-state index in [9.17, 15) is 26.3 Å². The van der Waals surface area contributed by atoms with Crippen molar-refractivity contribution in [2.24, 2.45) is 0 Å². The highest BCUT2D eigenvalue weighted by Gasteiger charge is 2.32. The van der Waals surface area contributed by atoms with Gasteiger partial charge in [0.1, 0.15) is 0 Å². The fourth-order valence-electron chi connectivity index (χ4n) is 0.385. The van der Waals surface area contributed by atoms with Crippen LogP contribution in [0, 0.1) is 0 Å². The Morgan fingerprint density at radius 3 is 1.75 bits per heavy atom. The SMILES string of the molecule is C/C(=C\CC(F)(F)F)C(F)(F)F. The van der Waals surface area contributed by atoms with Crippen LogP contribution in [-0.2, 0) is 0 Å². The molecule has 0 aromatic carbocycles. The minimum absolute atomic E-state index is 0.125. The summed E-state index contributed by atoms with van der Waals surface area (Å²) in [7, 11) is 0. The number of allylic oxidation sites excluding steroid dienone is 2. The van der Waals surface area contributed by atoms with E-state index in [0.29, 0.717) is 6.92 Å². The lowest BCUT2D eigenvalue weighted by molar-refractivity contribution is -0.126. The third-order valence-corrected chi connectivity index (χ3v) is 1.09. The Bertz CT molecular complexity index is 171. The van der Waals surface area contributed by atoms with E-state index in [0.717, 1.165) is 0 Å². The largest absolute Gasteiger partial charge is 0.412 e. The highest BCUT2D eigenvalue weighted by Crippen LogP contribution is 2.28. The monoisotopic (exact) mass is 192 g/mol. The average molecular weight is 192 g/mol. The first-order valence-corrected chi connectivity index (χ1v) is 2.93. The van der Waals surface area contributed by atoms with E-state index in [2.05, 4.69) is 0 Å². The van der Waals surface area contributed by atoms with Crippen molar-refractivity contribution in [2.45, 2.75) is 25.7 Å². The summed E-state index contributed by atoms with van der Waals surface area (Å²) >= 11 is 0. The lowest BCUT2D eigenvalue weighted by Gasteiger charge is -2.07. The van der Waals surface area contributed by atoms with Crippen LogP contribution in [0.5, 0.6) is 0 Å². The van der Waals surface area contributed by atoms with E-state index in [4.69, 9.17) is 0 Å². The molecule has 0 aliphatic carbocycles. The number of alkyl halides is 6. The number of hydrogen-bond acceptors (Lipinski definition) is 0. The molecule has 0 rings (SSSR count). The van der Waals surface area contributed by atoms with Gasteiger partial charge in [0.25, 0.3) is 0 Å². The second-order valence-corrected chi connectivity index (χ2v) is 2.20. The van der Waals surface area contributed by atoms with Crippen molar-refractivity contribution in [1.82, 2.24) is 0 Å². The van der Waals surface area contributed by atoms with E-state index in [1.165, 1.54) is 0 Å². The molecule has 0 fully saturated rings. The lowest BCUT2D eigenvalue weighted by atomic mass is 10.2. The molecule has 0 aromatic heterocycles. The molecule has 0 unspecified atom stereocenters. The van der Waals surface area contributed by atoms with Gasteiger partial charge in [0.2, 0.25) is 0 Å². The van der Waals surface area contributed by atoms with Crippen molar-refractivity contribution >= 4 is 0 Å². The van der Waals surface area contributed by atoms with Crippen LogP contribution in [0.3, 0.4) is 0 Å². The molecule has 12 heavy (non-hydrogen) atoms. The zero-order valence-corrected chi connectivity index (χ0v) is 6.05. The summed E-state index contributed by atoms with van der Waals surface area (Å²) < 4.78 is 68.9. The van der Waals surface area contributed by atoms with Crippen molar-refractivity contribution < 1.29 is 26.3 Å². The maximum absolute atomic E-state index is 11.6. The van der Waals surface area contributed by atoms with Crippen LogP contribution >= 0.6 is 0 Å². The second kappa shape index (κ2) is 3.37. The second-order valence-electron chi connectivity index (χ2n) is 2.20. The topological polar surface area (TPSA) is 0 Å². The fourth-order valence-corrected chi connectivity index (χ4v) is 0.385. The van der Waals surface area contributed by atoms with E-state index in [1.54, 1.807) is 0 Å². The molecule has 72 valence electrons. The van der Waals surface area contributed by atoms with Crippen LogP contribution in [-0.4, -0.2) is 12.4 Å². The lowest BCUT2D eigenvalue weighted by Crippen LogP contribution is -2.11. The first-order chi connectivity index (χ1) is 5.13. The Morgan fingerprint density at radius 1 is 1.08 bits per heavy atom. The van der Waals surface area contributed by atoms with Crippen LogP contribution in [0.4, 0.5) is 26.3 Å². The predicted molar refractivity (Wildman–Crippen MR) is 30.5 cm³/mol. The molecule has 6 heteroatoms. The van der Waals surface area contributed by atoms with Crippen LogP contribution in [0.25, 0.3) is 0 Å². The van der Waals surface area contributed by atoms with Gasteiger partial charge in [-0.3, -0.25) is 0 Å². The Balaban J connectivity index is 4.21. The van der Waals surface area contributed by atoms with E-state index in [-0.39, 0.29) is 6.08 Å². The molecule has 0 N–H and O–H groups in total. The molecular formula is C6H6F6. The molecule has 0 atom stereocenters. The molecule has 0 amide bonds. The van der Waals surface area contributed by atoms with Gasteiger partial charge < -0.3 is 0 Å². The van der Waals surface area contributed by atoms with Crippen molar-refractivity contribution in [2.75, 3.05) is 0 Å². The Kier molecular flexibility index (Phi) is 3.17. The summed E-state index contributed by atoms with van der Waals surface area (Å²) in [5.41, 5.74) is -1.22. The van der Waals surface area contributed by atoms with Gasteiger partial charge in [-0.05, 0) is 6.92 Å². The zero-order chi connectivity index (χ0) is 9.99. The van der Waals surface area contributed by atoms with Gasteiger partial charge in [-0.25, -0.2) is 0 Å². The number of rotatable bonds is 1. The average Bonchev–Trinajstić information content (AvgIpc) is 1.78. The molecule has 0 aliphatic rings. The summed E-state index contributed by atoms with van der Waals surface area (Å²) in [6.07, 6.45) is -10.7. The van der Waals surface area contributed by atoms with Gasteiger partial charge in [0.15, 0.2) is 0 Å². The Hall–Kier alpha value is -0.680. The molecule has 0 spiro atoms. The molecule has 0 saturated carbocycles. The molecule has 0 bridgehead atoms. The van der Waals surface area contributed by atoms with Crippen LogP contribution < -0.4 is 0 Å². The molecule has 0 radical (unpaired) electrons. The van der Waals surface area contributed by atoms with Gasteiger partial charge in [0.05, 0.1) is 6.42 Å². The highest BCUT2D eigenvalue weighted by atomic mass is 19.4. The van der Waals surface area contributed by atoms with Gasteiger partial charge in [-0.2, -0.15) is 26.3 Å². The minimum Gasteiger partial charge on any atom is -0.171 e. The van der Waals surface area contributed by atoms with Crippen molar-refractivity contribution in [1.29, 1.82) is 0 Å². The highest BCUT2D eigenvalue weighted by molar-refractivity contribution is 5.05. The Labute approximate surface area is 64.9 Å². The summed E-state index contributed by atoms with van der Waals surface area (Å²) in [6, 6.07) is 0. The van der Waals surface area contributed by atoms with E-state index >= 15 is 0 Å². The first-order valence-electron chi connectivity index (χ1n) is 2.93. The number of hydrogen-bond donors (Lipinski definition) is 0. The van der Waals surface area contributed by atoms with Gasteiger partial charge in [0, 0.05) is 5.57 Å². The van der Waals surface area contributed by atoms with Crippen LogP contribution in [0.15, 0.2) is 11.6 Å². The third kappa shape index (κ3) is 5.03. The zero-order valence-electron chi connectivity index (χ0n) is 6.05. The van der Waals surface area contributed by atoms with Gasteiger partial charge in [-0.15, -0.1) is 0 Å². The van der Waals surface area contributed by atoms with Crippen molar-refractivity contribution in [3.05, 3.63) is 11.6 Å². The standard InChI is InChI=1S/C6H6F6/c1-4(6(10,11)12)2-3-5(7,8)9/h2H,3H2,1H3/b4-2+. The molecule has 0 aliphatic heterocycles. The molecule has 0 saturated heterocycles. The first kappa shape index (κ1) is 11.3. The molecule has 0 heterocycles. The van der Waals surface area contributed by atoms with Crippen LogP contribution in [0.2, 0.25) is 0 Å².